The molecule has 0 fully saturated rings. The Kier molecular flexibility index (Phi) is 3.83. The van der Waals surface area contributed by atoms with Crippen LogP contribution in [0.15, 0.2) is 46.9 Å². The van der Waals surface area contributed by atoms with Crippen LogP contribution < -0.4 is 4.74 Å². The molecular formula is C15H12O3. The SMILES string of the molecule is CC(=O)C#Cc1ccc(COc2ccccc2)o1. The number of carbonyl (C=O) groups excluding carboxylic acids is 1. The first-order valence-electron chi connectivity index (χ1n) is 5.53. The van der Waals surface area contributed by atoms with Gasteiger partial charge in [-0.05, 0) is 36.1 Å². The Morgan fingerprint density at radius 3 is 2.72 bits per heavy atom. The van der Waals surface area contributed by atoms with Gasteiger partial charge in [0.1, 0.15) is 18.1 Å². The van der Waals surface area contributed by atoms with E-state index >= 15 is 0 Å². The number of furan rings is 1. The molecule has 2 rings (SSSR count). The van der Waals surface area contributed by atoms with E-state index < -0.39 is 0 Å². The van der Waals surface area contributed by atoms with Crippen molar-refractivity contribution >= 4 is 5.78 Å². The zero-order valence-electron chi connectivity index (χ0n) is 9.97. The van der Waals surface area contributed by atoms with Gasteiger partial charge in [0.05, 0.1) is 0 Å². The van der Waals surface area contributed by atoms with E-state index in [4.69, 9.17) is 9.15 Å². The Bertz CT molecular complexity index is 585. The summed E-state index contributed by atoms with van der Waals surface area (Å²) in [6.45, 7) is 1.75. The van der Waals surface area contributed by atoms with E-state index in [1.807, 2.05) is 30.3 Å². The van der Waals surface area contributed by atoms with E-state index in [9.17, 15) is 4.79 Å². The molecular weight excluding hydrogens is 228 g/mol. The zero-order chi connectivity index (χ0) is 12.8. The molecule has 1 aromatic carbocycles. The first-order chi connectivity index (χ1) is 8.74. The summed E-state index contributed by atoms with van der Waals surface area (Å²) in [7, 11) is 0. The normalized spacial score (nSPS) is 9.39. The fraction of sp³-hybridized carbons (Fsp3) is 0.133. The molecule has 1 heterocycles. The lowest BCUT2D eigenvalue weighted by molar-refractivity contribution is -0.111. The topological polar surface area (TPSA) is 39.4 Å². The summed E-state index contributed by atoms with van der Waals surface area (Å²) in [5, 5.41) is 0. The number of para-hydroxylation sites is 1. The van der Waals surface area contributed by atoms with Gasteiger partial charge in [0, 0.05) is 6.92 Å². The lowest BCUT2D eigenvalue weighted by Crippen LogP contribution is -1.92. The second-order valence-electron chi connectivity index (χ2n) is 3.67. The largest absolute Gasteiger partial charge is 0.486 e. The summed E-state index contributed by atoms with van der Waals surface area (Å²) in [6, 6.07) is 13.0. The van der Waals surface area contributed by atoms with Gasteiger partial charge >= 0.3 is 0 Å². The van der Waals surface area contributed by atoms with Crippen LogP contribution >= 0.6 is 0 Å². The lowest BCUT2D eigenvalue weighted by atomic mass is 10.3. The van der Waals surface area contributed by atoms with Crippen LogP contribution in [0.25, 0.3) is 0 Å². The molecule has 0 amide bonds. The minimum atomic E-state index is -0.187. The van der Waals surface area contributed by atoms with Crippen molar-refractivity contribution in [3.05, 3.63) is 54.0 Å². The number of ketones is 1. The highest BCUT2D eigenvalue weighted by atomic mass is 16.5. The van der Waals surface area contributed by atoms with Crippen LogP contribution in [-0.2, 0) is 11.4 Å². The van der Waals surface area contributed by atoms with Crippen molar-refractivity contribution < 1.29 is 13.9 Å². The number of ether oxygens (including phenoxy) is 1. The molecule has 0 atom stereocenters. The number of Topliss-reactive ketones (excluding diaryl/α,β-unsaturated/α-hetero) is 1. The van der Waals surface area contributed by atoms with Gasteiger partial charge < -0.3 is 9.15 Å². The van der Waals surface area contributed by atoms with Crippen molar-refractivity contribution in [2.24, 2.45) is 0 Å². The van der Waals surface area contributed by atoms with E-state index in [-0.39, 0.29) is 5.78 Å². The molecule has 0 spiro atoms. The molecule has 1 aromatic heterocycles. The second kappa shape index (κ2) is 5.74. The van der Waals surface area contributed by atoms with Crippen LogP contribution in [0.1, 0.15) is 18.4 Å². The minimum absolute atomic E-state index is 0.187. The van der Waals surface area contributed by atoms with Gasteiger partial charge in [-0.2, -0.15) is 0 Å². The number of carbonyl (C=O) groups is 1. The summed E-state index contributed by atoms with van der Waals surface area (Å²) >= 11 is 0. The summed E-state index contributed by atoms with van der Waals surface area (Å²) in [5.74, 6) is 6.80. The molecule has 0 aliphatic heterocycles. The maximum absolute atomic E-state index is 10.7. The van der Waals surface area contributed by atoms with E-state index in [1.165, 1.54) is 6.92 Å². The van der Waals surface area contributed by atoms with Gasteiger partial charge in [-0.1, -0.05) is 18.2 Å². The second-order valence-corrected chi connectivity index (χ2v) is 3.67. The molecule has 0 aliphatic rings. The van der Waals surface area contributed by atoms with Crippen molar-refractivity contribution in [1.82, 2.24) is 0 Å². The molecule has 0 unspecified atom stereocenters. The zero-order valence-corrected chi connectivity index (χ0v) is 9.97. The number of benzene rings is 1. The molecule has 3 heteroatoms. The molecule has 90 valence electrons. The molecule has 0 bridgehead atoms. The Morgan fingerprint density at radius 2 is 2.00 bits per heavy atom. The van der Waals surface area contributed by atoms with Crippen LogP contribution in [0.2, 0.25) is 0 Å². The average Bonchev–Trinajstić information content (AvgIpc) is 2.83. The molecule has 0 aliphatic carbocycles. The highest BCUT2D eigenvalue weighted by Crippen LogP contribution is 2.13. The fourth-order valence-corrected chi connectivity index (χ4v) is 1.34. The predicted molar refractivity (Wildman–Crippen MR) is 67.0 cm³/mol. The molecule has 0 radical (unpaired) electrons. The smallest absolute Gasteiger partial charge is 0.202 e. The predicted octanol–water partition coefficient (Wildman–Crippen LogP) is 2.80. The molecule has 0 saturated heterocycles. The van der Waals surface area contributed by atoms with Crippen molar-refractivity contribution in [1.29, 1.82) is 0 Å². The van der Waals surface area contributed by atoms with Crippen LogP contribution in [0, 0.1) is 11.8 Å². The van der Waals surface area contributed by atoms with Crippen molar-refractivity contribution in [2.45, 2.75) is 13.5 Å². The Morgan fingerprint density at radius 1 is 1.22 bits per heavy atom. The van der Waals surface area contributed by atoms with E-state index in [0.717, 1.165) is 5.75 Å². The molecule has 18 heavy (non-hydrogen) atoms. The summed E-state index contributed by atoms with van der Waals surface area (Å²) in [5.41, 5.74) is 0. The van der Waals surface area contributed by atoms with Crippen molar-refractivity contribution in [3.63, 3.8) is 0 Å². The first kappa shape index (κ1) is 12.0. The quantitative estimate of drug-likeness (QED) is 0.774. The maximum Gasteiger partial charge on any atom is 0.202 e. The van der Waals surface area contributed by atoms with Gasteiger partial charge in [-0.15, -0.1) is 0 Å². The summed E-state index contributed by atoms with van der Waals surface area (Å²) in [4.78, 5) is 10.7. The van der Waals surface area contributed by atoms with Crippen molar-refractivity contribution in [3.8, 4) is 17.6 Å². The minimum Gasteiger partial charge on any atom is -0.486 e. The van der Waals surface area contributed by atoms with Crippen LogP contribution in [0.4, 0.5) is 0 Å². The molecule has 3 nitrogen and oxygen atoms in total. The maximum atomic E-state index is 10.7. The monoisotopic (exact) mass is 240 g/mol. The molecule has 2 aromatic rings. The Balaban J connectivity index is 1.96. The van der Waals surface area contributed by atoms with Crippen LogP contribution in [0.3, 0.4) is 0 Å². The van der Waals surface area contributed by atoms with Gasteiger partial charge in [0.25, 0.3) is 0 Å². The molecule has 0 saturated carbocycles. The highest BCUT2D eigenvalue weighted by molar-refractivity contribution is 5.93. The third-order valence-corrected chi connectivity index (χ3v) is 2.15. The highest BCUT2D eigenvalue weighted by Gasteiger charge is 2.01. The third kappa shape index (κ3) is 3.53. The number of hydrogen-bond donors (Lipinski definition) is 0. The first-order valence-corrected chi connectivity index (χ1v) is 5.53. The molecule has 0 N–H and O–H groups in total. The van der Waals surface area contributed by atoms with Gasteiger partial charge in [-0.25, -0.2) is 0 Å². The Hall–Kier alpha value is -2.47. The van der Waals surface area contributed by atoms with E-state index in [2.05, 4.69) is 11.8 Å². The van der Waals surface area contributed by atoms with Crippen LogP contribution in [0.5, 0.6) is 5.75 Å². The fourth-order valence-electron chi connectivity index (χ4n) is 1.34. The van der Waals surface area contributed by atoms with Gasteiger partial charge in [0.15, 0.2) is 5.76 Å². The Labute approximate surface area is 105 Å². The number of hydrogen-bond acceptors (Lipinski definition) is 3. The van der Waals surface area contributed by atoms with Crippen molar-refractivity contribution in [2.75, 3.05) is 0 Å². The van der Waals surface area contributed by atoms with E-state index in [0.29, 0.717) is 18.1 Å². The summed E-state index contributed by atoms with van der Waals surface area (Å²) in [6.07, 6.45) is 0. The number of rotatable bonds is 3. The standard InChI is InChI=1S/C15H12O3/c1-12(16)7-8-14-9-10-15(18-14)11-17-13-5-3-2-4-6-13/h2-6,9-10H,11H2,1H3. The van der Waals surface area contributed by atoms with E-state index in [1.54, 1.807) is 12.1 Å². The third-order valence-electron chi connectivity index (χ3n) is 2.15. The lowest BCUT2D eigenvalue weighted by Gasteiger charge is -2.02. The van der Waals surface area contributed by atoms with Gasteiger partial charge in [0.2, 0.25) is 5.78 Å². The average molecular weight is 240 g/mol. The summed E-state index contributed by atoms with van der Waals surface area (Å²) < 4.78 is 10.9. The van der Waals surface area contributed by atoms with Crippen LogP contribution in [-0.4, -0.2) is 5.78 Å². The van der Waals surface area contributed by atoms with Gasteiger partial charge in [-0.3, -0.25) is 4.79 Å².